The van der Waals surface area contributed by atoms with E-state index < -0.39 is 5.97 Å². The Morgan fingerprint density at radius 2 is 2.15 bits per heavy atom. The maximum atomic E-state index is 11.2. The average molecular weight is 273 g/mol. The van der Waals surface area contributed by atoms with Crippen LogP contribution in [-0.4, -0.2) is 27.7 Å². The highest BCUT2D eigenvalue weighted by Gasteiger charge is 2.48. The summed E-state index contributed by atoms with van der Waals surface area (Å²) in [5.41, 5.74) is 0.253. The second-order valence-corrected chi connectivity index (χ2v) is 5.59. The summed E-state index contributed by atoms with van der Waals surface area (Å²) in [7, 11) is 0. The summed E-state index contributed by atoms with van der Waals surface area (Å²) >= 11 is 0. The van der Waals surface area contributed by atoms with Gasteiger partial charge in [0.15, 0.2) is 5.69 Å². The molecule has 20 heavy (non-hydrogen) atoms. The van der Waals surface area contributed by atoms with Crippen molar-refractivity contribution in [2.75, 3.05) is 6.61 Å². The van der Waals surface area contributed by atoms with E-state index in [4.69, 9.17) is 10.00 Å². The lowest BCUT2D eigenvalue weighted by Crippen LogP contribution is -2.47. The van der Waals surface area contributed by atoms with Crippen LogP contribution >= 0.6 is 0 Å². The number of carbonyl (C=O) groups is 1. The van der Waals surface area contributed by atoms with Crippen molar-refractivity contribution < 1.29 is 14.6 Å². The molecule has 3 fully saturated rings. The maximum Gasteiger partial charge on any atom is 0.306 e. The second-order valence-electron chi connectivity index (χ2n) is 5.59. The van der Waals surface area contributed by atoms with Crippen molar-refractivity contribution in [2.45, 2.75) is 19.3 Å². The van der Waals surface area contributed by atoms with Crippen molar-refractivity contribution in [1.82, 2.24) is 9.97 Å². The molecule has 4 rings (SSSR count). The summed E-state index contributed by atoms with van der Waals surface area (Å²) in [5, 5.41) is 17.8. The molecule has 2 atom stereocenters. The molecule has 6 nitrogen and oxygen atoms in total. The Balaban J connectivity index is 1.58. The third-order valence-corrected chi connectivity index (χ3v) is 4.51. The molecular weight excluding hydrogens is 258 g/mol. The molecule has 1 N–H and O–H groups in total. The Morgan fingerprint density at radius 1 is 1.35 bits per heavy atom. The number of rotatable bonds is 4. The second kappa shape index (κ2) is 5.08. The molecule has 3 aliphatic carbocycles. The number of nitriles is 1. The molecule has 0 aromatic carbocycles. The van der Waals surface area contributed by atoms with E-state index in [0.29, 0.717) is 30.7 Å². The van der Waals surface area contributed by atoms with Gasteiger partial charge in [-0.25, -0.2) is 9.97 Å². The Morgan fingerprint density at radius 3 is 2.75 bits per heavy atom. The largest absolute Gasteiger partial charge is 0.481 e. The lowest BCUT2D eigenvalue weighted by molar-refractivity contribution is -0.152. The normalized spacial score (nSPS) is 30.9. The van der Waals surface area contributed by atoms with Gasteiger partial charge < -0.3 is 9.84 Å². The van der Waals surface area contributed by atoms with Crippen molar-refractivity contribution in [3.63, 3.8) is 0 Å². The fraction of sp³-hybridized carbons (Fsp3) is 0.571. The first kappa shape index (κ1) is 12.9. The minimum atomic E-state index is -0.684. The van der Waals surface area contributed by atoms with Crippen LogP contribution < -0.4 is 4.74 Å². The topological polar surface area (TPSA) is 96.1 Å². The summed E-state index contributed by atoms with van der Waals surface area (Å²) in [6.07, 6.45) is 5.50. The molecule has 0 aliphatic heterocycles. The van der Waals surface area contributed by atoms with Gasteiger partial charge in [0.1, 0.15) is 6.07 Å². The van der Waals surface area contributed by atoms with Crippen LogP contribution in [0.2, 0.25) is 0 Å². The molecule has 3 saturated carbocycles. The van der Waals surface area contributed by atoms with Crippen LogP contribution in [0.5, 0.6) is 5.88 Å². The van der Waals surface area contributed by atoms with Gasteiger partial charge in [0, 0.05) is 0 Å². The Labute approximate surface area is 116 Å². The first-order chi connectivity index (χ1) is 9.67. The highest BCUT2D eigenvalue weighted by Crippen LogP contribution is 2.52. The molecule has 0 saturated heterocycles. The van der Waals surface area contributed by atoms with Crippen molar-refractivity contribution in [3.8, 4) is 11.9 Å². The Kier molecular flexibility index (Phi) is 3.26. The van der Waals surface area contributed by atoms with Gasteiger partial charge >= 0.3 is 5.97 Å². The van der Waals surface area contributed by atoms with Gasteiger partial charge in [0.2, 0.25) is 5.88 Å². The number of hydrogen-bond acceptors (Lipinski definition) is 5. The minimum Gasteiger partial charge on any atom is -0.481 e. The van der Waals surface area contributed by atoms with E-state index in [1.807, 2.05) is 6.07 Å². The van der Waals surface area contributed by atoms with E-state index in [1.165, 1.54) is 12.4 Å². The molecule has 1 heterocycles. The highest BCUT2D eigenvalue weighted by molar-refractivity contribution is 5.70. The highest BCUT2D eigenvalue weighted by atomic mass is 16.5. The predicted octanol–water partition coefficient (Wildman–Crippen LogP) is 1.47. The van der Waals surface area contributed by atoms with Gasteiger partial charge in [-0.1, -0.05) is 0 Å². The van der Waals surface area contributed by atoms with E-state index >= 15 is 0 Å². The third kappa shape index (κ3) is 2.31. The zero-order chi connectivity index (χ0) is 14.1. The van der Waals surface area contributed by atoms with E-state index in [1.54, 1.807) is 0 Å². The molecule has 3 aliphatic rings. The Hall–Kier alpha value is -2.16. The number of hydrogen-bond donors (Lipinski definition) is 1. The fourth-order valence-corrected chi connectivity index (χ4v) is 3.28. The van der Waals surface area contributed by atoms with Gasteiger partial charge in [-0.15, -0.1) is 0 Å². The van der Waals surface area contributed by atoms with E-state index in [2.05, 4.69) is 9.97 Å². The number of carboxylic acid groups (broad SMARTS) is 1. The molecule has 0 amide bonds. The summed E-state index contributed by atoms with van der Waals surface area (Å²) in [4.78, 5) is 19.1. The van der Waals surface area contributed by atoms with E-state index in [9.17, 15) is 9.90 Å². The number of aromatic nitrogens is 2. The summed E-state index contributed by atoms with van der Waals surface area (Å²) < 4.78 is 5.59. The summed E-state index contributed by atoms with van der Waals surface area (Å²) in [6, 6.07) is 1.90. The van der Waals surface area contributed by atoms with Crippen molar-refractivity contribution >= 4 is 5.97 Å². The Bertz CT molecular complexity index is 546. The SMILES string of the molecule is N#Cc1cnc(OC[C@@H]2C[C@H](C(=O)O)C3CC2C3)cn1. The number of ether oxygens (including phenoxy) is 1. The first-order valence-electron chi connectivity index (χ1n) is 6.75. The lowest BCUT2D eigenvalue weighted by Gasteiger charge is -2.49. The zero-order valence-corrected chi connectivity index (χ0v) is 10.9. The van der Waals surface area contributed by atoms with Crippen molar-refractivity contribution in [2.24, 2.45) is 23.7 Å². The molecule has 104 valence electrons. The predicted molar refractivity (Wildman–Crippen MR) is 67.7 cm³/mol. The molecule has 1 aromatic rings. The average Bonchev–Trinajstić information content (AvgIpc) is 2.44. The zero-order valence-electron chi connectivity index (χ0n) is 10.9. The quantitative estimate of drug-likeness (QED) is 0.892. The first-order valence-corrected chi connectivity index (χ1v) is 6.75. The van der Waals surface area contributed by atoms with Crippen LogP contribution in [-0.2, 0) is 4.79 Å². The fourth-order valence-electron chi connectivity index (χ4n) is 3.28. The molecule has 0 radical (unpaired) electrons. The molecule has 6 heteroatoms. The minimum absolute atomic E-state index is 0.222. The van der Waals surface area contributed by atoms with Gasteiger partial charge in [-0.2, -0.15) is 5.26 Å². The van der Waals surface area contributed by atoms with Crippen LogP contribution in [0.1, 0.15) is 25.0 Å². The summed E-state index contributed by atoms with van der Waals surface area (Å²) in [5.74, 6) is 0.707. The molecular formula is C14H15N3O3. The van der Waals surface area contributed by atoms with Crippen molar-refractivity contribution in [1.29, 1.82) is 5.26 Å². The van der Waals surface area contributed by atoms with Gasteiger partial charge in [0.05, 0.1) is 24.9 Å². The van der Waals surface area contributed by atoms with Crippen LogP contribution in [0, 0.1) is 35.0 Å². The molecule has 2 bridgehead atoms. The standard InChI is InChI=1S/C14H15N3O3/c15-4-11-5-17-13(6-16-11)20-7-10-3-12(14(18)19)9-1-8(10)2-9/h5-6,8-10,12H,1-3,7H2,(H,18,19)/t8?,9?,10-,12-/m0/s1. The lowest BCUT2D eigenvalue weighted by atomic mass is 9.55. The van der Waals surface area contributed by atoms with Gasteiger partial charge in [-0.3, -0.25) is 4.79 Å². The number of nitrogens with zero attached hydrogens (tertiary/aromatic N) is 3. The number of fused-ring (bicyclic) bond motifs is 2. The van der Waals surface area contributed by atoms with Gasteiger partial charge in [-0.05, 0) is 37.0 Å². The van der Waals surface area contributed by atoms with Crippen LogP contribution in [0.25, 0.3) is 0 Å². The molecule has 0 unspecified atom stereocenters. The van der Waals surface area contributed by atoms with Crippen molar-refractivity contribution in [3.05, 3.63) is 18.1 Å². The van der Waals surface area contributed by atoms with Gasteiger partial charge in [0.25, 0.3) is 0 Å². The van der Waals surface area contributed by atoms with Crippen LogP contribution in [0.4, 0.5) is 0 Å². The third-order valence-electron chi connectivity index (χ3n) is 4.51. The van der Waals surface area contributed by atoms with E-state index in [0.717, 1.165) is 12.8 Å². The molecule has 0 spiro atoms. The monoisotopic (exact) mass is 273 g/mol. The molecule has 1 aromatic heterocycles. The maximum absolute atomic E-state index is 11.2. The van der Waals surface area contributed by atoms with Crippen LogP contribution in [0.3, 0.4) is 0 Å². The number of carboxylic acids is 1. The summed E-state index contributed by atoms with van der Waals surface area (Å²) in [6.45, 7) is 0.474. The van der Waals surface area contributed by atoms with E-state index in [-0.39, 0.29) is 17.5 Å². The smallest absolute Gasteiger partial charge is 0.306 e. The van der Waals surface area contributed by atoms with Crippen LogP contribution in [0.15, 0.2) is 12.4 Å². The number of aliphatic carboxylic acids is 1.